The van der Waals surface area contributed by atoms with Gasteiger partial charge in [-0.05, 0) is 36.1 Å². The van der Waals surface area contributed by atoms with Crippen molar-refractivity contribution in [3.05, 3.63) is 76.3 Å². The lowest BCUT2D eigenvalue weighted by molar-refractivity contribution is -0.136. The lowest BCUT2D eigenvalue weighted by atomic mass is 10.1. The van der Waals surface area contributed by atoms with Gasteiger partial charge in [-0.2, -0.15) is 0 Å². The Morgan fingerprint density at radius 3 is 2.46 bits per heavy atom. The Bertz CT molecular complexity index is 859. The molecule has 146 valence electrons. The van der Waals surface area contributed by atoms with Gasteiger partial charge in [0.1, 0.15) is 0 Å². The summed E-state index contributed by atoms with van der Waals surface area (Å²) in [4.78, 5) is 34.7. The van der Waals surface area contributed by atoms with Crippen molar-refractivity contribution in [1.29, 1.82) is 0 Å². The van der Waals surface area contributed by atoms with E-state index in [1.807, 2.05) is 18.2 Å². The number of ether oxygens (including phenoxy) is 1. The second-order valence-electron chi connectivity index (χ2n) is 6.17. The summed E-state index contributed by atoms with van der Waals surface area (Å²) in [7, 11) is 0. The molecule has 28 heavy (non-hydrogen) atoms. The van der Waals surface area contributed by atoms with Crippen molar-refractivity contribution in [2.24, 2.45) is 0 Å². The number of rotatable bonds is 9. The first-order chi connectivity index (χ1) is 13.5. The number of halogens is 1. The number of esters is 1. The van der Waals surface area contributed by atoms with Crippen molar-refractivity contribution >= 4 is 35.3 Å². The average molecular weight is 400 g/mol. The van der Waals surface area contributed by atoms with Crippen LogP contribution in [0.4, 0.5) is 0 Å². The summed E-state index contributed by atoms with van der Waals surface area (Å²) < 4.78 is 4.99. The molecule has 5 nitrogen and oxygen atoms in total. The molecule has 2 rings (SSSR count). The number of carbonyl (C=O) groups is 3. The van der Waals surface area contributed by atoms with Gasteiger partial charge < -0.3 is 10.1 Å². The van der Waals surface area contributed by atoms with Crippen LogP contribution in [-0.2, 0) is 20.7 Å². The molecule has 1 N–H and O–H groups in total. The monoisotopic (exact) mass is 399 g/mol. The molecule has 0 unspecified atom stereocenters. The molecule has 0 radical (unpaired) electrons. The Morgan fingerprint density at radius 1 is 1.07 bits per heavy atom. The molecule has 0 bridgehead atoms. The van der Waals surface area contributed by atoms with Crippen LogP contribution in [0.15, 0.2) is 54.6 Å². The molecule has 6 heteroatoms. The third-order valence-electron chi connectivity index (χ3n) is 3.94. The van der Waals surface area contributed by atoms with Gasteiger partial charge in [-0.1, -0.05) is 54.1 Å². The molecule has 0 fully saturated rings. The van der Waals surface area contributed by atoms with Gasteiger partial charge in [0.2, 0.25) is 5.91 Å². The van der Waals surface area contributed by atoms with Crippen LogP contribution in [0.1, 0.15) is 34.8 Å². The fraction of sp³-hybridized carbons (Fsp3) is 0.227. The molecular weight excluding hydrogens is 378 g/mol. The minimum Gasteiger partial charge on any atom is -0.454 e. The fourth-order valence-electron chi connectivity index (χ4n) is 2.45. The highest BCUT2D eigenvalue weighted by molar-refractivity contribution is 6.32. The number of Topliss-reactive ketones (excluding diaryl/α,β-unsaturated/α-hetero) is 1. The van der Waals surface area contributed by atoms with Crippen LogP contribution in [0.3, 0.4) is 0 Å². The van der Waals surface area contributed by atoms with Gasteiger partial charge in [-0.3, -0.25) is 9.59 Å². The molecule has 0 aliphatic heterocycles. The van der Waals surface area contributed by atoms with Gasteiger partial charge in [0.15, 0.2) is 12.4 Å². The van der Waals surface area contributed by atoms with Gasteiger partial charge >= 0.3 is 5.97 Å². The fourth-order valence-corrected chi connectivity index (χ4v) is 2.65. The van der Waals surface area contributed by atoms with Crippen LogP contribution in [0, 0.1) is 0 Å². The number of amides is 1. The Kier molecular flexibility index (Phi) is 8.43. The number of hydrogen-bond donors (Lipinski definition) is 1. The zero-order valence-electron chi connectivity index (χ0n) is 15.6. The van der Waals surface area contributed by atoms with Gasteiger partial charge in [-0.15, -0.1) is 0 Å². The van der Waals surface area contributed by atoms with Crippen molar-refractivity contribution in [1.82, 2.24) is 5.32 Å². The minimum absolute atomic E-state index is 0.0443. The van der Waals surface area contributed by atoms with Gasteiger partial charge in [0.05, 0.1) is 0 Å². The lowest BCUT2D eigenvalue weighted by Gasteiger charge is -2.05. The minimum atomic E-state index is -0.608. The van der Waals surface area contributed by atoms with Gasteiger partial charge in [-0.25, -0.2) is 4.79 Å². The van der Waals surface area contributed by atoms with Crippen molar-refractivity contribution in [2.75, 3.05) is 13.2 Å². The van der Waals surface area contributed by atoms with Crippen LogP contribution in [0.25, 0.3) is 6.08 Å². The largest absolute Gasteiger partial charge is 0.454 e. The maximum Gasteiger partial charge on any atom is 0.331 e. The Morgan fingerprint density at radius 2 is 1.79 bits per heavy atom. The first-order valence-corrected chi connectivity index (χ1v) is 9.29. The second-order valence-corrected chi connectivity index (χ2v) is 6.58. The van der Waals surface area contributed by atoms with E-state index in [9.17, 15) is 14.4 Å². The van der Waals surface area contributed by atoms with Gasteiger partial charge in [0, 0.05) is 30.1 Å². The molecule has 0 heterocycles. The summed E-state index contributed by atoms with van der Waals surface area (Å²) in [6.07, 6.45) is 4.41. The Balaban J connectivity index is 1.78. The topological polar surface area (TPSA) is 72.5 Å². The number of carbonyl (C=O) groups excluding carboxylic acids is 3. The zero-order valence-corrected chi connectivity index (χ0v) is 16.4. The summed E-state index contributed by atoms with van der Waals surface area (Å²) in [5.41, 5.74) is 2.25. The Labute approximate surface area is 169 Å². The summed E-state index contributed by atoms with van der Waals surface area (Å²) in [5, 5.41) is 3.27. The van der Waals surface area contributed by atoms with Gasteiger partial charge in [0.25, 0.3) is 0 Å². The van der Waals surface area contributed by atoms with Crippen LogP contribution < -0.4 is 5.32 Å². The van der Waals surface area contributed by atoms with E-state index in [1.165, 1.54) is 13.0 Å². The van der Waals surface area contributed by atoms with E-state index in [2.05, 4.69) is 5.32 Å². The second kappa shape index (κ2) is 11.0. The molecule has 0 saturated carbocycles. The highest BCUT2D eigenvalue weighted by Gasteiger charge is 2.09. The van der Waals surface area contributed by atoms with Crippen LogP contribution >= 0.6 is 11.6 Å². The lowest BCUT2D eigenvalue weighted by Crippen LogP contribution is -2.21. The summed E-state index contributed by atoms with van der Waals surface area (Å²) in [5.74, 6) is -0.927. The molecule has 0 saturated heterocycles. The molecule has 0 aromatic heterocycles. The van der Waals surface area contributed by atoms with E-state index in [4.69, 9.17) is 16.3 Å². The normalized spacial score (nSPS) is 10.6. The van der Waals surface area contributed by atoms with Crippen molar-refractivity contribution in [2.45, 2.75) is 19.8 Å². The van der Waals surface area contributed by atoms with E-state index in [0.717, 1.165) is 18.4 Å². The van der Waals surface area contributed by atoms with Crippen LogP contribution in [0.5, 0.6) is 0 Å². The highest BCUT2D eigenvalue weighted by Crippen LogP contribution is 2.16. The molecule has 0 aliphatic carbocycles. The number of benzene rings is 2. The SMILES string of the molecule is CC(=O)NCCCc1ccc(C(=O)COC(=O)/C=C/c2ccccc2Cl)cc1. The summed E-state index contributed by atoms with van der Waals surface area (Å²) in [6, 6.07) is 14.2. The molecular formula is C22H22ClNO4. The third kappa shape index (κ3) is 7.37. The van der Waals surface area contributed by atoms with E-state index in [-0.39, 0.29) is 18.3 Å². The number of nitrogens with one attached hydrogen (secondary N) is 1. The maximum atomic E-state index is 12.2. The predicted octanol–water partition coefficient (Wildman–Crippen LogP) is 3.85. The molecule has 0 spiro atoms. The van der Waals surface area contributed by atoms with E-state index in [1.54, 1.807) is 36.4 Å². The number of ketones is 1. The van der Waals surface area contributed by atoms with Crippen LogP contribution in [-0.4, -0.2) is 30.8 Å². The van der Waals surface area contributed by atoms with Crippen molar-refractivity contribution in [3.63, 3.8) is 0 Å². The van der Waals surface area contributed by atoms with E-state index >= 15 is 0 Å². The molecule has 2 aromatic carbocycles. The third-order valence-corrected chi connectivity index (χ3v) is 4.29. The Hall–Kier alpha value is -2.92. The van der Waals surface area contributed by atoms with Crippen molar-refractivity contribution < 1.29 is 19.1 Å². The smallest absolute Gasteiger partial charge is 0.331 e. The number of hydrogen-bond acceptors (Lipinski definition) is 4. The van der Waals surface area contributed by atoms with Crippen molar-refractivity contribution in [3.8, 4) is 0 Å². The van der Waals surface area contributed by atoms with E-state index in [0.29, 0.717) is 22.7 Å². The standard InChI is InChI=1S/C22H22ClNO4/c1-16(25)24-14-4-5-17-8-10-19(11-9-17)21(26)15-28-22(27)13-12-18-6-2-3-7-20(18)23/h2-3,6-13H,4-5,14-15H2,1H3,(H,24,25)/b13-12+. The van der Waals surface area contributed by atoms with E-state index < -0.39 is 5.97 Å². The maximum absolute atomic E-state index is 12.2. The first-order valence-electron chi connectivity index (χ1n) is 8.91. The molecule has 0 atom stereocenters. The molecule has 1 amide bonds. The van der Waals surface area contributed by atoms with Crippen LogP contribution in [0.2, 0.25) is 5.02 Å². The quantitative estimate of drug-likeness (QED) is 0.301. The zero-order chi connectivity index (χ0) is 20.4. The highest BCUT2D eigenvalue weighted by atomic mass is 35.5. The molecule has 0 aliphatic rings. The first kappa shape index (κ1) is 21.4. The molecule has 2 aromatic rings. The number of aryl methyl sites for hydroxylation is 1. The summed E-state index contributed by atoms with van der Waals surface area (Å²) in [6.45, 7) is 1.78. The summed E-state index contributed by atoms with van der Waals surface area (Å²) >= 11 is 6.01. The predicted molar refractivity (Wildman–Crippen MR) is 109 cm³/mol. The average Bonchev–Trinajstić information content (AvgIpc) is 2.69.